The molecule has 4 rings (SSSR count). The number of amides is 1. The van der Waals surface area contributed by atoms with E-state index in [2.05, 4.69) is 10.3 Å². The SMILES string of the molecule is O=C(NCCc1cn2ccccc2n1)C1Cc2ccccc2O1. The molecule has 0 radical (unpaired) electrons. The predicted molar refractivity (Wildman–Crippen MR) is 86.5 cm³/mol. The minimum atomic E-state index is -0.423. The van der Waals surface area contributed by atoms with Gasteiger partial charge in [0, 0.05) is 31.8 Å². The summed E-state index contributed by atoms with van der Waals surface area (Å²) < 4.78 is 7.67. The van der Waals surface area contributed by atoms with Crippen LogP contribution in [0.4, 0.5) is 0 Å². The molecule has 1 atom stereocenters. The Kier molecular flexibility index (Phi) is 3.46. The smallest absolute Gasteiger partial charge is 0.261 e. The fraction of sp³-hybridized carbons (Fsp3) is 0.222. The molecule has 0 saturated carbocycles. The van der Waals surface area contributed by atoms with E-state index in [1.807, 2.05) is 59.3 Å². The highest BCUT2D eigenvalue weighted by atomic mass is 16.5. The first-order valence-electron chi connectivity index (χ1n) is 7.74. The molecule has 1 aromatic carbocycles. The van der Waals surface area contributed by atoms with Gasteiger partial charge in [-0.05, 0) is 23.8 Å². The number of hydrogen-bond acceptors (Lipinski definition) is 3. The first-order chi connectivity index (χ1) is 11.3. The molecule has 1 aliphatic rings. The molecular weight excluding hydrogens is 290 g/mol. The van der Waals surface area contributed by atoms with Gasteiger partial charge < -0.3 is 14.5 Å². The molecule has 0 aliphatic carbocycles. The Morgan fingerprint density at radius 1 is 1.26 bits per heavy atom. The third-order valence-electron chi connectivity index (χ3n) is 4.03. The summed E-state index contributed by atoms with van der Waals surface area (Å²) in [6.07, 6.45) is 4.87. The lowest BCUT2D eigenvalue weighted by Gasteiger charge is -2.10. The number of carbonyl (C=O) groups is 1. The van der Waals surface area contributed by atoms with Crippen molar-refractivity contribution < 1.29 is 9.53 Å². The molecule has 3 aromatic rings. The van der Waals surface area contributed by atoms with Gasteiger partial charge >= 0.3 is 0 Å². The molecule has 5 nitrogen and oxygen atoms in total. The maximum absolute atomic E-state index is 12.2. The van der Waals surface area contributed by atoms with Gasteiger partial charge in [0.2, 0.25) is 0 Å². The lowest BCUT2D eigenvalue weighted by Crippen LogP contribution is -2.38. The lowest BCUT2D eigenvalue weighted by atomic mass is 10.1. The standard InChI is InChI=1S/C18H17N3O2/c22-18(16-11-13-5-1-2-6-15(13)23-16)19-9-8-14-12-21-10-4-3-7-17(21)20-14/h1-7,10,12,16H,8-9,11H2,(H,19,22). The number of ether oxygens (including phenoxy) is 1. The Balaban J connectivity index is 1.32. The number of hydrogen-bond donors (Lipinski definition) is 1. The minimum absolute atomic E-state index is 0.0648. The van der Waals surface area contributed by atoms with Crippen LogP contribution in [0.15, 0.2) is 54.9 Å². The van der Waals surface area contributed by atoms with Crippen LogP contribution < -0.4 is 10.1 Å². The molecule has 1 N–H and O–H groups in total. The molecule has 2 aromatic heterocycles. The van der Waals surface area contributed by atoms with Crippen LogP contribution in [0.1, 0.15) is 11.3 Å². The quantitative estimate of drug-likeness (QED) is 0.802. The van der Waals surface area contributed by atoms with Gasteiger partial charge in [-0.3, -0.25) is 4.79 Å². The summed E-state index contributed by atoms with van der Waals surface area (Å²) in [7, 11) is 0. The zero-order valence-corrected chi connectivity index (χ0v) is 12.6. The van der Waals surface area contributed by atoms with Crippen LogP contribution in [0.2, 0.25) is 0 Å². The molecule has 1 amide bonds. The van der Waals surface area contributed by atoms with Crippen LogP contribution >= 0.6 is 0 Å². The third kappa shape index (κ3) is 2.77. The fourth-order valence-electron chi connectivity index (χ4n) is 2.86. The maximum Gasteiger partial charge on any atom is 0.261 e. The van der Waals surface area contributed by atoms with Gasteiger partial charge in [0.25, 0.3) is 5.91 Å². The third-order valence-corrected chi connectivity index (χ3v) is 4.03. The lowest BCUT2D eigenvalue weighted by molar-refractivity contribution is -0.127. The fourth-order valence-corrected chi connectivity index (χ4v) is 2.86. The summed E-state index contributed by atoms with van der Waals surface area (Å²) in [6, 6.07) is 13.7. The molecule has 116 valence electrons. The van der Waals surface area contributed by atoms with E-state index in [0.29, 0.717) is 19.4 Å². The van der Waals surface area contributed by atoms with E-state index < -0.39 is 6.10 Å². The Morgan fingerprint density at radius 3 is 3.00 bits per heavy atom. The molecule has 0 fully saturated rings. The summed E-state index contributed by atoms with van der Waals surface area (Å²) in [5.41, 5.74) is 2.98. The molecule has 0 saturated heterocycles. The number of imidazole rings is 1. The number of aromatic nitrogens is 2. The van der Waals surface area contributed by atoms with Crippen molar-refractivity contribution >= 4 is 11.6 Å². The molecule has 3 heterocycles. The highest BCUT2D eigenvalue weighted by Gasteiger charge is 2.28. The number of nitrogens with one attached hydrogen (secondary N) is 1. The van der Waals surface area contributed by atoms with Crippen molar-refractivity contribution in [3.05, 3.63) is 66.1 Å². The Bertz CT molecular complexity index is 798. The minimum Gasteiger partial charge on any atom is -0.480 e. The maximum atomic E-state index is 12.2. The highest BCUT2D eigenvalue weighted by molar-refractivity contribution is 5.82. The highest BCUT2D eigenvalue weighted by Crippen LogP contribution is 2.28. The van der Waals surface area contributed by atoms with E-state index >= 15 is 0 Å². The molecule has 0 spiro atoms. The summed E-state index contributed by atoms with van der Waals surface area (Å²) >= 11 is 0. The summed E-state index contributed by atoms with van der Waals surface area (Å²) in [5, 5.41) is 2.94. The van der Waals surface area contributed by atoms with Crippen LogP contribution in [-0.4, -0.2) is 27.9 Å². The first kappa shape index (κ1) is 13.8. The monoisotopic (exact) mass is 307 g/mol. The first-order valence-corrected chi connectivity index (χ1v) is 7.74. The van der Waals surface area contributed by atoms with Crippen molar-refractivity contribution in [3.63, 3.8) is 0 Å². The van der Waals surface area contributed by atoms with Crippen molar-refractivity contribution in [3.8, 4) is 5.75 Å². The predicted octanol–water partition coefficient (Wildman–Crippen LogP) is 2.00. The van der Waals surface area contributed by atoms with Crippen molar-refractivity contribution in [1.82, 2.24) is 14.7 Å². The number of fused-ring (bicyclic) bond motifs is 2. The molecule has 5 heteroatoms. The van der Waals surface area contributed by atoms with E-state index in [-0.39, 0.29) is 5.91 Å². The van der Waals surface area contributed by atoms with Crippen molar-refractivity contribution in [2.75, 3.05) is 6.54 Å². The summed E-state index contributed by atoms with van der Waals surface area (Å²) in [6.45, 7) is 0.554. The van der Waals surface area contributed by atoms with Gasteiger partial charge in [0.1, 0.15) is 11.4 Å². The molecule has 23 heavy (non-hydrogen) atoms. The van der Waals surface area contributed by atoms with Crippen LogP contribution in [0, 0.1) is 0 Å². The van der Waals surface area contributed by atoms with Gasteiger partial charge in [0.05, 0.1) is 5.69 Å². The van der Waals surface area contributed by atoms with Gasteiger partial charge in [-0.25, -0.2) is 4.98 Å². The van der Waals surface area contributed by atoms with Crippen molar-refractivity contribution in [1.29, 1.82) is 0 Å². The second-order valence-corrected chi connectivity index (χ2v) is 5.66. The molecular formula is C18H17N3O2. The number of benzene rings is 1. The number of nitrogens with zero attached hydrogens (tertiary/aromatic N) is 2. The van der Waals surface area contributed by atoms with E-state index in [4.69, 9.17) is 4.74 Å². The average molecular weight is 307 g/mol. The van der Waals surface area contributed by atoms with Crippen molar-refractivity contribution in [2.45, 2.75) is 18.9 Å². The normalized spacial score (nSPS) is 16.1. The number of para-hydroxylation sites is 1. The zero-order valence-electron chi connectivity index (χ0n) is 12.6. The Labute approximate surface area is 133 Å². The van der Waals surface area contributed by atoms with E-state index in [1.165, 1.54) is 0 Å². The van der Waals surface area contributed by atoms with E-state index in [9.17, 15) is 4.79 Å². The summed E-state index contributed by atoms with van der Waals surface area (Å²) in [5.74, 6) is 0.748. The van der Waals surface area contributed by atoms with Crippen LogP contribution in [0.25, 0.3) is 5.65 Å². The topological polar surface area (TPSA) is 55.6 Å². The van der Waals surface area contributed by atoms with Crippen LogP contribution in [-0.2, 0) is 17.6 Å². The van der Waals surface area contributed by atoms with Crippen LogP contribution in [0.3, 0.4) is 0 Å². The second-order valence-electron chi connectivity index (χ2n) is 5.66. The number of pyridine rings is 1. The molecule has 0 bridgehead atoms. The number of rotatable bonds is 4. The van der Waals surface area contributed by atoms with Crippen molar-refractivity contribution in [2.24, 2.45) is 0 Å². The van der Waals surface area contributed by atoms with Gasteiger partial charge in [-0.2, -0.15) is 0 Å². The van der Waals surface area contributed by atoms with E-state index in [0.717, 1.165) is 22.7 Å². The van der Waals surface area contributed by atoms with Gasteiger partial charge in [-0.15, -0.1) is 0 Å². The largest absolute Gasteiger partial charge is 0.480 e. The molecule has 1 unspecified atom stereocenters. The van der Waals surface area contributed by atoms with E-state index in [1.54, 1.807) is 0 Å². The Hall–Kier alpha value is -2.82. The summed E-state index contributed by atoms with van der Waals surface area (Å²) in [4.78, 5) is 16.7. The average Bonchev–Trinajstić information content (AvgIpc) is 3.18. The van der Waals surface area contributed by atoms with Gasteiger partial charge in [0.15, 0.2) is 6.10 Å². The van der Waals surface area contributed by atoms with Gasteiger partial charge in [-0.1, -0.05) is 24.3 Å². The second kappa shape index (κ2) is 5.76. The Morgan fingerprint density at radius 2 is 2.13 bits per heavy atom. The number of carbonyl (C=O) groups excluding carboxylic acids is 1. The molecule has 1 aliphatic heterocycles. The van der Waals surface area contributed by atoms with Crippen LogP contribution in [0.5, 0.6) is 5.75 Å². The zero-order chi connectivity index (χ0) is 15.6.